The van der Waals surface area contributed by atoms with E-state index in [1.54, 1.807) is 0 Å². The highest BCUT2D eigenvalue weighted by atomic mass is 15.3. The van der Waals surface area contributed by atoms with Gasteiger partial charge in [0.1, 0.15) is 0 Å². The van der Waals surface area contributed by atoms with Gasteiger partial charge in [0, 0.05) is 22.1 Å². The molecular formula is C31H25N3. The number of benzene rings is 4. The fourth-order valence-electron chi connectivity index (χ4n) is 5.03. The highest BCUT2D eigenvalue weighted by Gasteiger charge is 2.38. The lowest BCUT2D eigenvalue weighted by molar-refractivity contribution is 0.614. The van der Waals surface area contributed by atoms with Crippen LogP contribution in [0.1, 0.15) is 19.4 Å². The Morgan fingerprint density at radius 3 is 2.24 bits per heavy atom. The maximum absolute atomic E-state index is 5.19. The largest absolute Gasteiger partial charge is 0.279 e. The average molecular weight is 440 g/mol. The molecule has 1 aliphatic heterocycles. The second-order valence-electron chi connectivity index (χ2n) is 9.32. The number of rotatable bonds is 2. The lowest BCUT2D eigenvalue weighted by atomic mass is 9.73. The Morgan fingerprint density at radius 2 is 1.38 bits per heavy atom. The second-order valence-corrected chi connectivity index (χ2v) is 9.32. The zero-order chi connectivity index (χ0) is 23.4. The first-order valence-electron chi connectivity index (χ1n) is 11.5. The molecule has 164 valence electrons. The lowest BCUT2D eigenvalue weighted by Gasteiger charge is -2.42. The summed E-state index contributed by atoms with van der Waals surface area (Å²) in [5.74, 6) is 0.607. The molecule has 34 heavy (non-hydrogen) atoms. The van der Waals surface area contributed by atoms with Crippen LogP contribution in [0.15, 0.2) is 115 Å². The van der Waals surface area contributed by atoms with Crippen molar-refractivity contribution < 1.29 is 0 Å². The maximum atomic E-state index is 5.19. The number of para-hydroxylation sites is 2. The first kappa shape index (κ1) is 20.4. The summed E-state index contributed by atoms with van der Waals surface area (Å²) in [6, 6.07) is 31.4. The Labute approximate surface area is 199 Å². The van der Waals surface area contributed by atoms with Gasteiger partial charge in [-0.3, -0.25) is 4.90 Å². The number of fused-ring (bicyclic) bond motifs is 3. The first-order valence-corrected chi connectivity index (χ1v) is 11.5. The first-order chi connectivity index (χ1) is 16.5. The molecule has 3 nitrogen and oxygen atoms in total. The van der Waals surface area contributed by atoms with Crippen molar-refractivity contribution in [1.29, 1.82) is 0 Å². The van der Waals surface area contributed by atoms with Crippen LogP contribution in [0.3, 0.4) is 0 Å². The number of allylic oxidation sites excluding steroid dienone is 1. The van der Waals surface area contributed by atoms with E-state index in [4.69, 9.17) is 9.97 Å². The molecule has 0 saturated heterocycles. The van der Waals surface area contributed by atoms with Crippen molar-refractivity contribution in [2.75, 3.05) is 4.90 Å². The van der Waals surface area contributed by atoms with Crippen molar-refractivity contribution in [1.82, 2.24) is 9.97 Å². The molecule has 0 spiro atoms. The molecule has 2 heterocycles. The molecule has 0 aliphatic carbocycles. The van der Waals surface area contributed by atoms with E-state index in [0.29, 0.717) is 5.95 Å². The van der Waals surface area contributed by atoms with E-state index in [0.717, 1.165) is 39.1 Å². The van der Waals surface area contributed by atoms with Gasteiger partial charge in [0.2, 0.25) is 5.95 Å². The van der Waals surface area contributed by atoms with Crippen molar-refractivity contribution in [3.05, 3.63) is 121 Å². The van der Waals surface area contributed by atoms with E-state index >= 15 is 0 Å². The van der Waals surface area contributed by atoms with Gasteiger partial charge in [-0.2, -0.15) is 0 Å². The predicted molar refractivity (Wildman–Crippen MR) is 142 cm³/mol. The summed E-state index contributed by atoms with van der Waals surface area (Å²) in [5, 5.41) is 3.38. The van der Waals surface area contributed by atoms with Crippen LogP contribution < -0.4 is 4.90 Å². The molecule has 6 rings (SSSR count). The SMILES string of the molecule is C=C1C(=C)C(C)(C)c2ccccc2N1c1nc(-c2cccc3ccccc23)c2ccccc2n1. The predicted octanol–water partition coefficient (Wildman–Crippen LogP) is 7.95. The Hall–Kier alpha value is -4.24. The number of aromatic nitrogens is 2. The Morgan fingerprint density at radius 1 is 0.706 bits per heavy atom. The van der Waals surface area contributed by atoms with E-state index in [1.807, 2.05) is 18.2 Å². The molecule has 0 amide bonds. The third-order valence-electron chi connectivity index (χ3n) is 7.03. The van der Waals surface area contributed by atoms with E-state index < -0.39 is 0 Å². The minimum atomic E-state index is -0.223. The molecule has 0 fully saturated rings. The third-order valence-corrected chi connectivity index (χ3v) is 7.03. The quantitative estimate of drug-likeness (QED) is 0.279. The summed E-state index contributed by atoms with van der Waals surface area (Å²) < 4.78 is 0. The van der Waals surface area contributed by atoms with Gasteiger partial charge in [0.25, 0.3) is 0 Å². The summed E-state index contributed by atoms with van der Waals surface area (Å²) in [6.45, 7) is 13.2. The van der Waals surface area contributed by atoms with Crippen molar-refractivity contribution in [3.63, 3.8) is 0 Å². The minimum Gasteiger partial charge on any atom is -0.279 e. The van der Waals surface area contributed by atoms with Crippen molar-refractivity contribution in [2.45, 2.75) is 19.3 Å². The molecule has 3 heteroatoms. The topological polar surface area (TPSA) is 29.0 Å². The third kappa shape index (κ3) is 2.90. The molecule has 0 radical (unpaired) electrons. The van der Waals surface area contributed by atoms with Crippen molar-refractivity contribution >= 4 is 33.3 Å². The molecular weight excluding hydrogens is 414 g/mol. The second kappa shape index (κ2) is 7.39. The molecule has 4 aromatic carbocycles. The smallest absolute Gasteiger partial charge is 0.235 e. The van der Waals surface area contributed by atoms with Gasteiger partial charge in [-0.15, -0.1) is 0 Å². The normalized spacial score (nSPS) is 15.1. The summed E-state index contributed by atoms with van der Waals surface area (Å²) in [7, 11) is 0. The molecule has 0 unspecified atom stereocenters. The zero-order valence-electron chi connectivity index (χ0n) is 19.4. The molecule has 0 N–H and O–H groups in total. The van der Waals surface area contributed by atoms with Gasteiger partial charge in [-0.25, -0.2) is 9.97 Å². The maximum Gasteiger partial charge on any atom is 0.235 e. The molecule has 0 bridgehead atoms. The number of hydrogen-bond donors (Lipinski definition) is 0. The summed E-state index contributed by atoms with van der Waals surface area (Å²) in [6.07, 6.45) is 0. The summed E-state index contributed by atoms with van der Waals surface area (Å²) >= 11 is 0. The van der Waals surface area contributed by atoms with Crippen LogP contribution in [0.2, 0.25) is 0 Å². The van der Waals surface area contributed by atoms with Crippen LogP contribution in [-0.4, -0.2) is 9.97 Å². The zero-order valence-corrected chi connectivity index (χ0v) is 19.4. The minimum absolute atomic E-state index is 0.223. The van der Waals surface area contributed by atoms with Crippen LogP contribution in [0, 0.1) is 0 Å². The Bertz CT molecular complexity index is 1620. The van der Waals surface area contributed by atoms with Gasteiger partial charge in [-0.05, 0) is 34.0 Å². The summed E-state index contributed by atoms with van der Waals surface area (Å²) in [5.41, 5.74) is 6.71. The van der Waals surface area contributed by atoms with E-state index in [2.05, 4.69) is 105 Å². The molecule has 1 aromatic heterocycles. The molecule has 0 saturated carbocycles. The van der Waals surface area contributed by atoms with Gasteiger partial charge < -0.3 is 0 Å². The number of anilines is 2. The van der Waals surface area contributed by atoms with Crippen molar-refractivity contribution in [3.8, 4) is 11.3 Å². The standard InChI is InChI=1S/C31H25N3/c1-20-21(2)34(28-19-10-8-17-26(28)31(20,3)4)30-32-27-18-9-7-15-25(27)29(33-30)24-16-11-13-22-12-5-6-14-23(22)24/h5-19H,1-2H2,3-4H3. The lowest BCUT2D eigenvalue weighted by Crippen LogP contribution is -2.35. The number of nitrogens with zero attached hydrogens (tertiary/aromatic N) is 3. The number of hydrogen-bond acceptors (Lipinski definition) is 3. The van der Waals surface area contributed by atoms with Crippen LogP contribution in [0.25, 0.3) is 32.9 Å². The van der Waals surface area contributed by atoms with Crippen LogP contribution >= 0.6 is 0 Å². The molecule has 0 atom stereocenters. The van der Waals surface area contributed by atoms with Crippen LogP contribution in [-0.2, 0) is 5.41 Å². The Balaban J connectivity index is 1.66. The average Bonchev–Trinajstić information content (AvgIpc) is 2.87. The van der Waals surface area contributed by atoms with Crippen molar-refractivity contribution in [2.24, 2.45) is 0 Å². The summed E-state index contributed by atoms with van der Waals surface area (Å²) in [4.78, 5) is 12.3. The van der Waals surface area contributed by atoms with E-state index in [9.17, 15) is 0 Å². The Kier molecular flexibility index (Phi) is 4.43. The van der Waals surface area contributed by atoms with Gasteiger partial charge in [0.05, 0.1) is 16.9 Å². The fourth-order valence-corrected chi connectivity index (χ4v) is 5.03. The monoisotopic (exact) mass is 439 g/mol. The van der Waals surface area contributed by atoms with Crippen LogP contribution in [0.5, 0.6) is 0 Å². The van der Waals surface area contributed by atoms with E-state index in [1.165, 1.54) is 16.3 Å². The fraction of sp³-hybridized carbons (Fsp3) is 0.0968. The van der Waals surface area contributed by atoms with Gasteiger partial charge >= 0.3 is 0 Å². The van der Waals surface area contributed by atoms with Gasteiger partial charge in [0.15, 0.2) is 0 Å². The van der Waals surface area contributed by atoms with E-state index in [-0.39, 0.29) is 5.41 Å². The molecule has 1 aliphatic rings. The highest BCUT2D eigenvalue weighted by molar-refractivity contribution is 6.03. The molecule has 5 aromatic rings. The van der Waals surface area contributed by atoms with Crippen LogP contribution in [0.4, 0.5) is 11.6 Å². The highest BCUT2D eigenvalue weighted by Crippen LogP contribution is 2.49. The van der Waals surface area contributed by atoms with Gasteiger partial charge in [-0.1, -0.05) is 106 Å².